The van der Waals surface area contributed by atoms with Crippen LogP contribution in [0.2, 0.25) is 0 Å². The van der Waals surface area contributed by atoms with Crippen LogP contribution in [0.5, 0.6) is 11.5 Å². The predicted octanol–water partition coefficient (Wildman–Crippen LogP) is 3.95. The zero-order valence-corrected chi connectivity index (χ0v) is 14.3. The zero-order chi connectivity index (χ0) is 15.9. The number of nitrogens with zero attached hydrogens (tertiary/aromatic N) is 2. The molecule has 0 unspecified atom stereocenters. The molecule has 22 heavy (non-hydrogen) atoms. The van der Waals surface area contributed by atoms with Crippen LogP contribution >= 0.6 is 12.1 Å². The van der Waals surface area contributed by atoms with Gasteiger partial charge < -0.3 is 9.47 Å². The van der Waals surface area contributed by atoms with Crippen molar-refractivity contribution in [1.82, 2.24) is 8.61 Å². The van der Waals surface area contributed by atoms with Crippen molar-refractivity contribution in [2.45, 2.75) is 39.2 Å². The maximum atomic E-state index is 12.2. The SMILES string of the molecule is CC(C)Oc1ccccc1OC(=O)N(C)SN1CCCCC1. The molecular formula is C16H24N2O3S. The summed E-state index contributed by atoms with van der Waals surface area (Å²) in [6.07, 6.45) is 3.27. The number of carbonyl (C=O) groups excluding carboxylic acids is 1. The first kappa shape index (κ1) is 17.0. The topological polar surface area (TPSA) is 42.0 Å². The van der Waals surface area contributed by atoms with Crippen molar-refractivity contribution in [2.24, 2.45) is 0 Å². The number of amides is 1. The van der Waals surface area contributed by atoms with Crippen molar-refractivity contribution in [3.05, 3.63) is 24.3 Å². The van der Waals surface area contributed by atoms with Gasteiger partial charge in [0.15, 0.2) is 11.5 Å². The highest BCUT2D eigenvalue weighted by Crippen LogP contribution is 2.29. The van der Waals surface area contributed by atoms with E-state index in [2.05, 4.69) is 4.31 Å². The second-order valence-corrected chi connectivity index (χ2v) is 6.78. The van der Waals surface area contributed by atoms with E-state index < -0.39 is 6.09 Å². The Morgan fingerprint density at radius 1 is 1.18 bits per heavy atom. The Kier molecular flexibility index (Phi) is 6.39. The van der Waals surface area contributed by atoms with Crippen LogP contribution in [-0.2, 0) is 0 Å². The summed E-state index contributed by atoms with van der Waals surface area (Å²) in [7, 11) is 1.73. The Hall–Kier alpha value is -1.40. The van der Waals surface area contributed by atoms with E-state index in [1.807, 2.05) is 26.0 Å². The minimum Gasteiger partial charge on any atom is -0.487 e. The summed E-state index contributed by atoms with van der Waals surface area (Å²) in [5.41, 5.74) is 0. The van der Waals surface area contributed by atoms with Crippen molar-refractivity contribution in [2.75, 3.05) is 20.1 Å². The van der Waals surface area contributed by atoms with Crippen LogP contribution in [0, 0.1) is 0 Å². The maximum Gasteiger partial charge on any atom is 0.426 e. The summed E-state index contributed by atoms with van der Waals surface area (Å²) in [5.74, 6) is 1.04. The summed E-state index contributed by atoms with van der Waals surface area (Å²) in [6, 6.07) is 7.24. The van der Waals surface area contributed by atoms with E-state index in [9.17, 15) is 4.79 Å². The molecule has 2 rings (SSSR count). The summed E-state index contributed by atoms with van der Waals surface area (Å²) < 4.78 is 14.8. The molecule has 1 aliphatic heterocycles. The molecule has 0 N–H and O–H groups in total. The highest BCUT2D eigenvalue weighted by molar-refractivity contribution is 7.95. The summed E-state index contributed by atoms with van der Waals surface area (Å²) in [4.78, 5) is 12.2. The first-order valence-corrected chi connectivity index (χ1v) is 8.43. The molecule has 0 saturated carbocycles. The highest BCUT2D eigenvalue weighted by atomic mass is 32.2. The average Bonchev–Trinajstić information content (AvgIpc) is 2.49. The molecule has 0 aromatic heterocycles. The lowest BCUT2D eigenvalue weighted by molar-refractivity contribution is 0.179. The Bertz CT molecular complexity index is 490. The van der Waals surface area contributed by atoms with Gasteiger partial charge in [0.05, 0.1) is 6.10 Å². The third-order valence-electron chi connectivity index (χ3n) is 3.22. The molecular weight excluding hydrogens is 300 g/mol. The Labute approximate surface area is 136 Å². The molecule has 1 heterocycles. The van der Waals surface area contributed by atoms with E-state index in [4.69, 9.17) is 9.47 Å². The number of hydrogen-bond acceptors (Lipinski definition) is 5. The fourth-order valence-electron chi connectivity index (χ4n) is 2.20. The minimum absolute atomic E-state index is 0.0281. The van der Waals surface area contributed by atoms with Crippen molar-refractivity contribution >= 4 is 18.2 Å². The largest absolute Gasteiger partial charge is 0.487 e. The monoisotopic (exact) mass is 324 g/mol. The molecule has 1 aromatic rings. The van der Waals surface area contributed by atoms with Crippen LogP contribution in [-0.4, -0.2) is 40.9 Å². The Balaban J connectivity index is 1.93. The summed E-state index contributed by atoms with van der Waals surface area (Å²) >= 11 is 1.42. The number of ether oxygens (including phenoxy) is 2. The van der Waals surface area contributed by atoms with Gasteiger partial charge in [0, 0.05) is 32.3 Å². The lowest BCUT2D eigenvalue weighted by Gasteiger charge is -2.28. The number of para-hydroxylation sites is 2. The Morgan fingerprint density at radius 2 is 1.82 bits per heavy atom. The van der Waals surface area contributed by atoms with Crippen molar-refractivity contribution in [1.29, 1.82) is 0 Å². The smallest absolute Gasteiger partial charge is 0.426 e. The third-order valence-corrected chi connectivity index (χ3v) is 4.21. The average molecular weight is 324 g/mol. The van der Waals surface area contributed by atoms with Crippen LogP contribution in [0.15, 0.2) is 24.3 Å². The molecule has 1 amide bonds. The van der Waals surface area contributed by atoms with E-state index in [0.29, 0.717) is 11.5 Å². The van der Waals surface area contributed by atoms with Gasteiger partial charge in [-0.1, -0.05) is 18.6 Å². The fourth-order valence-corrected chi connectivity index (χ4v) is 3.07. The summed E-state index contributed by atoms with van der Waals surface area (Å²) in [6.45, 7) is 5.90. The molecule has 1 aromatic carbocycles. The molecule has 1 aliphatic rings. The lowest BCUT2D eigenvalue weighted by Crippen LogP contribution is -2.32. The van der Waals surface area contributed by atoms with Gasteiger partial charge in [0.1, 0.15) is 0 Å². The normalized spacial score (nSPS) is 15.6. The molecule has 122 valence electrons. The highest BCUT2D eigenvalue weighted by Gasteiger charge is 2.20. The first-order chi connectivity index (χ1) is 10.6. The second kappa shape index (κ2) is 8.29. The van der Waals surface area contributed by atoms with Crippen molar-refractivity contribution in [3.8, 4) is 11.5 Å². The van der Waals surface area contributed by atoms with Gasteiger partial charge in [-0.15, -0.1) is 0 Å². The van der Waals surface area contributed by atoms with Crippen molar-refractivity contribution < 1.29 is 14.3 Å². The van der Waals surface area contributed by atoms with E-state index in [0.717, 1.165) is 13.1 Å². The molecule has 6 heteroatoms. The van der Waals surface area contributed by atoms with Gasteiger partial charge in [0.25, 0.3) is 0 Å². The van der Waals surface area contributed by atoms with E-state index in [-0.39, 0.29) is 6.10 Å². The van der Waals surface area contributed by atoms with E-state index >= 15 is 0 Å². The number of rotatable bonds is 5. The quantitative estimate of drug-likeness (QED) is 0.767. The van der Waals surface area contributed by atoms with Crippen LogP contribution in [0.3, 0.4) is 0 Å². The van der Waals surface area contributed by atoms with Gasteiger partial charge in [-0.25, -0.2) is 13.4 Å². The molecule has 0 aliphatic carbocycles. The molecule has 0 atom stereocenters. The van der Waals surface area contributed by atoms with E-state index in [1.54, 1.807) is 19.2 Å². The number of benzene rings is 1. The lowest BCUT2D eigenvalue weighted by atomic mass is 10.2. The fraction of sp³-hybridized carbons (Fsp3) is 0.562. The first-order valence-electron chi connectivity index (χ1n) is 7.70. The molecule has 5 nitrogen and oxygen atoms in total. The minimum atomic E-state index is -0.393. The maximum absolute atomic E-state index is 12.2. The van der Waals surface area contributed by atoms with Crippen LogP contribution < -0.4 is 9.47 Å². The molecule has 0 bridgehead atoms. The van der Waals surface area contributed by atoms with E-state index in [1.165, 1.54) is 35.7 Å². The third kappa shape index (κ3) is 5.10. The molecule has 1 fully saturated rings. The van der Waals surface area contributed by atoms with Crippen LogP contribution in [0.1, 0.15) is 33.1 Å². The van der Waals surface area contributed by atoms with Gasteiger partial charge in [0.2, 0.25) is 0 Å². The summed E-state index contributed by atoms with van der Waals surface area (Å²) in [5, 5.41) is 0. The van der Waals surface area contributed by atoms with Gasteiger partial charge in [-0.2, -0.15) is 0 Å². The number of piperidine rings is 1. The van der Waals surface area contributed by atoms with Gasteiger partial charge in [-0.3, -0.25) is 0 Å². The van der Waals surface area contributed by atoms with Crippen LogP contribution in [0.25, 0.3) is 0 Å². The van der Waals surface area contributed by atoms with Gasteiger partial charge in [-0.05, 0) is 38.8 Å². The molecule has 1 saturated heterocycles. The molecule has 0 radical (unpaired) electrons. The second-order valence-electron chi connectivity index (χ2n) is 5.55. The number of carbonyl (C=O) groups is 1. The predicted molar refractivity (Wildman–Crippen MR) is 89.0 cm³/mol. The standard InChI is InChI=1S/C16H24N2O3S/c1-13(2)20-14-9-5-6-10-15(14)21-16(19)17(3)22-18-11-7-4-8-12-18/h5-6,9-10,13H,4,7-8,11-12H2,1-3H3. The van der Waals surface area contributed by atoms with Gasteiger partial charge >= 0.3 is 6.09 Å². The zero-order valence-electron chi connectivity index (χ0n) is 13.4. The number of hydrogen-bond donors (Lipinski definition) is 0. The Morgan fingerprint density at radius 3 is 2.45 bits per heavy atom. The van der Waals surface area contributed by atoms with Crippen molar-refractivity contribution in [3.63, 3.8) is 0 Å². The van der Waals surface area contributed by atoms with Crippen LogP contribution in [0.4, 0.5) is 4.79 Å². The molecule has 0 spiro atoms.